The normalized spacial score (nSPS) is 9.85. The van der Waals surface area contributed by atoms with Crippen molar-refractivity contribution in [2.75, 3.05) is 26.1 Å². The highest BCUT2D eigenvalue weighted by atomic mass is 35.5. The van der Waals surface area contributed by atoms with Crippen LogP contribution in [0.4, 0.5) is 5.13 Å². The van der Waals surface area contributed by atoms with Crippen molar-refractivity contribution in [3.8, 4) is 0 Å². The number of carbonyl (C=O) groups is 1. The molecular weight excluding hydrogens is 212 g/mol. The molecule has 0 spiro atoms. The summed E-state index contributed by atoms with van der Waals surface area (Å²) in [6.45, 7) is 0. The molecule has 0 N–H and O–H groups in total. The van der Waals surface area contributed by atoms with Gasteiger partial charge in [0.25, 0.3) is 0 Å². The molecule has 1 aromatic heterocycles. The molecule has 13 heavy (non-hydrogen) atoms. The molecule has 0 aliphatic rings. The summed E-state index contributed by atoms with van der Waals surface area (Å²) in [6.07, 6.45) is 0. The van der Waals surface area contributed by atoms with Crippen LogP contribution >= 0.6 is 22.9 Å². The molecule has 4 nitrogen and oxygen atoms in total. The minimum Gasteiger partial charge on any atom is -0.465 e. The molecule has 0 aliphatic heterocycles. The van der Waals surface area contributed by atoms with E-state index in [1.54, 1.807) is 4.90 Å². The van der Waals surface area contributed by atoms with Crippen LogP contribution in [0.25, 0.3) is 0 Å². The molecule has 1 heterocycles. The van der Waals surface area contributed by atoms with Gasteiger partial charge in [0.1, 0.15) is 0 Å². The van der Waals surface area contributed by atoms with Crippen LogP contribution in [0.15, 0.2) is 0 Å². The lowest BCUT2D eigenvalue weighted by molar-refractivity contribution is 0.0606. The van der Waals surface area contributed by atoms with Crippen LogP contribution < -0.4 is 4.90 Å². The number of carbonyl (C=O) groups excluding carboxylic acids is 1. The molecule has 0 amide bonds. The maximum Gasteiger partial charge on any atom is 0.351 e. The van der Waals surface area contributed by atoms with Crippen LogP contribution in [0, 0.1) is 0 Å². The topological polar surface area (TPSA) is 42.4 Å². The zero-order valence-electron chi connectivity index (χ0n) is 7.50. The number of anilines is 1. The second kappa shape index (κ2) is 3.93. The van der Waals surface area contributed by atoms with Gasteiger partial charge in [-0.3, -0.25) is 0 Å². The lowest BCUT2D eigenvalue weighted by atomic mass is 10.6. The van der Waals surface area contributed by atoms with Crippen molar-refractivity contribution < 1.29 is 9.53 Å². The highest BCUT2D eigenvalue weighted by molar-refractivity contribution is 7.18. The molecule has 0 atom stereocenters. The van der Waals surface area contributed by atoms with Crippen LogP contribution in [0.5, 0.6) is 0 Å². The lowest BCUT2D eigenvalue weighted by Gasteiger charge is -2.04. The van der Waals surface area contributed by atoms with Crippen LogP contribution in [-0.2, 0) is 4.74 Å². The SMILES string of the molecule is COC(=O)c1sc(N(C)C)nc1Cl. The van der Waals surface area contributed by atoms with E-state index in [4.69, 9.17) is 11.6 Å². The number of methoxy groups -OCH3 is 1. The maximum atomic E-state index is 11.1. The van der Waals surface area contributed by atoms with Gasteiger partial charge in [0.2, 0.25) is 0 Å². The number of hydrogen-bond donors (Lipinski definition) is 0. The Morgan fingerprint density at radius 1 is 1.62 bits per heavy atom. The predicted octanol–water partition coefficient (Wildman–Crippen LogP) is 1.65. The van der Waals surface area contributed by atoms with E-state index in [-0.39, 0.29) is 5.15 Å². The predicted molar refractivity (Wildman–Crippen MR) is 52.8 cm³/mol. The van der Waals surface area contributed by atoms with Gasteiger partial charge in [-0.2, -0.15) is 0 Å². The van der Waals surface area contributed by atoms with Crippen molar-refractivity contribution in [3.05, 3.63) is 10.0 Å². The molecule has 6 heteroatoms. The molecule has 72 valence electrons. The van der Waals surface area contributed by atoms with Crippen LogP contribution in [0.1, 0.15) is 9.67 Å². The van der Waals surface area contributed by atoms with Gasteiger partial charge in [0.15, 0.2) is 15.2 Å². The van der Waals surface area contributed by atoms with E-state index in [2.05, 4.69) is 9.72 Å². The minimum absolute atomic E-state index is 0.195. The largest absolute Gasteiger partial charge is 0.465 e. The van der Waals surface area contributed by atoms with E-state index in [0.29, 0.717) is 10.0 Å². The monoisotopic (exact) mass is 220 g/mol. The van der Waals surface area contributed by atoms with Gasteiger partial charge in [-0.25, -0.2) is 9.78 Å². The van der Waals surface area contributed by atoms with Crippen LogP contribution in [0.2, 0.25) is 5.15 Å². The van der Waals surface area contributed by atoms with Crippen LogP contribution in [-0.4, -0.2) is 32.2 Å². The molecule has 0 unspecified atom stereocenters. The van der Waals surface area contributed by atoms with E-state index in [1.807, 2.05) is 14.1 Å². The Morgan fingerprint density at radius 2 is 2.23 bits per heavy atom. The number of esters is 1. The third-order valence-corrected chi connectivity index (χ3v) is 2.92. The molecule has 0 saturated heterocycles. The average molecular weight is 221 g/mol. The summed E-state index contributed by atoms with van der Waals surface area (Å²) < 4.78 is 4.54. The molecule has 1 rings (SSSR count). The average Bonchev–Trinajstić information content (AvgIpc) is 2.46. The number of nitrogens with zero attached hydrogens (tertiary/aromatic N) is 2. The lowest BCUT2D eigenvalue weighted by Crippen LogP contribution is -2.07. The smallest absolute Gasteiger partial charge is 0.351 e. The molecule has 0 saturated carbocycles. The molecule has 0 radical (unpaired) electrons. The number of thiazole rings is 1. The third-order valence-electron chi connectivity index (χ3n) is 1.33. The van der Waals surface area contributed by atoms with E-state index >= 15 is 0 Å². The van der Waals surface area contributed by atoms with E-state index < -0.39 is 5.97 Å². The van der Waals surface area contributed by atoms with Gasteiger partial charge in [-0.1, -0.05) is 22.9 Å². The quantitative estimate of drug-likeness (QED) is 0.711. The Hall–Kier alpha value is -0.810. The first-order valence-corrected chi connectivity index (χ1v) is 4.67. The Morgan fingerprint density at radius 3 is 2.62 bits per heavy atom. The summed E-state index contributed by atoms with van der Waals surface area (Å²) in [5.41, 5.74) is 0. The van der Waals surface area contributed by atoms with Gasteiger partial charge in [0, 0.05) is 14.1 Å². The fourth-order valence-corrected chi connectivity index (χ4v) is 1.82. The van der Waals surface area contributed by atoms with Gasteiger partial charge in [-0.15, -0.1) is 0 Å². The van der Waals surface area contributed by atoms with Crippen molar-refractivity contribution in [3.63, 3.8) is 0 Å². The maximum absolute atomic E-state index is 11.1. The molecule has 0 aliphatic carbocycles. The molecule has 0 bridgehead atoms. The Kier molecular flexibility index (Phi) is 3.11. The number of halogens is 1. The van der Waals surface area contributed by atoms with Gasteiger partial charge >= 0.3 is 5.97 Å². The molecule has 1 aromatic rings. The highest BCUT2D eigenvalue weighted by Gasteiger charge is 2.17. The molecule has 0 fully saturated rings. The number of rotatable bonds is 2. The van der Waals surface area contributed by atoms with E-state index in [0.717, 1.165) is 0 Å². The first-order chi connectivity index (χ1) is 6.06. The summed E-state index contributed by atoms with van der Waals surface area (Å²) in [6, 6.07) is 0. The second-order valence-corrected chi connectivity index (χ2v) is 3.84. The highest BCUT2D eigenvalue weighted by Crippen LogP contribution is 2.28. The number of aromatic nitrogens is 1. The first kappa shape index (κ1) is 10.3. The van der Waals surface area contributed by atoms with Gasteiger partial charge < -0.3 is 9.64 Å². The van der Waals surface area contributed by atoms with E-state index in [1.165, 1.54) is 18.4 Å². The Balaban J connectivity index is 3.03. The fraction of sp³-hybridized carbons (Fsp3) is 0.429. The van der Waals surface area contributed by atoms with Gasteiger partial charge in [-0.05, 0) is 0 Å². The fourth-order valence-electron chi connectivity index (χ4n) is 0.701. The van der Waals surface area contributed by atoms with Crippen molar-refractivity contribution in [2.24, 2.45) is 0 Å². The number of hydrogen-bond acceptors (Lipinski definition) is 5. The van der Waals surface area contributed by atoms with Crippen molar-refractivity contribution >= 4 is 34.0 Å². The van der Waals surface area contributed by atoms with Crippen molar-refractivity contribution in [1.29, 1.82) is 0 Å². The summed E-state index contributed by atoms with van der Waals surface area (Å²) >= 11 is 6.94. The third kappa shape index (κ3) is 2.10. The second-order valence-electron chi connectivity index (χ2n) is 2.50. The summed E-state index contributed by atoms with van der Waals surface area (Å²) in [5.74, 6) is -0.449. The minimum atomic E-state index is -0.449. The number of ether oxygens (including phenoxy) is 1. The first-order valence-electron chi connectivity index (χ1n) is 3.48. The van der Waals surface area contributed by atoms with Gasteiger partial charge in [0.05, 0.1) is 7.11 Å². The Labute approximate surface area is 85.1 Å². The Bertz CT molecular complexity index is 324. The van der Waals surface area contributed by atoms with Crippen LogP contribution in [0.3, 0.4) is 0 Å². The van der Waals surface area contributed by atoms with Crippen molar-refractivity contribution in [1.82, 2.24) is 4.98 Å². The zero-order chi connectivity index (χ0) is 10.0. The molecular formula is C7H9ClN2O2S. The standard InChI is InChI=1S/C7H9ClN2O2S/c1-10(2)7-9-5(8)4(13-7)6(11)12-3/h1-3H3. The summed E-state index contributed by atoms with van der Waals surface area (Å²) in [7, 11) is 4.97. The van der Waals surface area contributed by atoms with E-state index in [9.17, 15) is 4.79 Å². The summed E-state index contributed by atoms with van der Waals surface area (Å²) in [5, 5.41) is 0.881. The molecule has 0 aromatic carbocycles. The zero-order valence-corrected chi connectivity index (χ0v) is 9.07. The summed E-state index contributed by atoms with van der Waals surface area (Å²) in [4.78, 5) is 17.2. The van der Waals surface area contributed by atoms with Crippen molar-refractivity contribution in [2.45, 2.75) is 0 Å².